The van der Waals surface area contributed by atoms with E-state index in [2.05, 4.69) is 20.2 Å². The zero-order chi connectivity index (χ0) is 16.4. The Bertz CT molecular complexity index is 811. The Morgan fingerprint density at radius 3 is 2.65 bits per heavy atom. The van der Waals surface area contributed by atoms with Gasteiger partial charge in [0.15, 0.2) is 0 Å². The van der Waals surface area contributed by atoms with Gasteiger partial charge in [-0.25, -0.2) is 13.1 Å². The van der Waals surface area contributed by atoms with Gasteiger partial charge in [0.1, 0.15) is 0 Å². The second-order valence-corrected chi connectivity index (χ2v) is 6.63. The molecule has 1 aliphatic rings. The summed E-state index contributed by atoms with van der Waals surface area (Å²) in [5.41, 5.74) is -0.198. The second kappa shape index (κ2) is 5.93. The first-order chi connectivity index (χ1) is 11.0. The highest BCUT2D eigenvalue weighted by molar-refractivity contribution is 7.92. The highest BCUT2D eigenvalue weighted by Gasteiger charge is 2.24. The largest absolute Gasteiger partial charge is 0.406 e. The molecule has 0 saturated carbocycles. The molecule has 2 N–H and O–H groups in total. The van der Waals surface area contributed by atoms with Crippen molar-refractivity contribution in [3.8, 4) is 0 Å². The lowest BCUT2D eigenvalue weighted by molar-refractivity contribution is -0.384. The number of sulfonamides is 1. The van der Waals surface area contributed by atoms with Crippen molar-refractivity contribution in [3.05, 3.63) is 40.3 Å². The second-order valence-electron chi connectivity index (χ2n) is 4.95. The summed E-state index contributed by atoms with van der Waals surface area (Å²) in [6.07, 6.45) is 1.83. The molecule has 122 valence electrons. The minimum absolute atomic E-state index is 0.0693. The average Bonchev–Trinajstić information content (AvgIpc) is 3.18. The number of nitro benzene ring substituents is 1. The van der Waals surface area contributed by atoms with E-state index in [-0.39, 0.29) is 22.6 Å². The summed E-state index contributed by atoms with van der Waals surface area (Å²) < 4.78 is 31.8. The fourth-order valence-corrected chi connectivity index (χ4v) is 3.16. The molecule has 1 atom stereocenters. The van der Waals surface area contributed by atoms with Crippen LogP contribution in [0.25, 0.3) is 0 Å². The van der Waals surface area contributed by atoms with E-state index in [9.17, 15) is 18.5 Å². The molecule has 0 radical (unpaired) electrons. The third-order valence-electron chi connectivity index (χ3n) is 3.38. The van der Waals surface area contributed by atoms with Gasteiger partial charge in [0.2, 0.25) is 5.89 Å². The maximum Gasteiger partial charge on any atom is 0.329 e. The molecule has 0 amide bonds. The van der Waals surface area contributed by atoms with Gasteiger partial charge in [-0.15, -0.1) is 5.10 Å². The number of nitrogens with zero attached hydrogens (tertiary/aromatic N) is 3. The molecule has 23 heavy (non-hydrogen) atoms. The third-order valence-corrected chi connectivity index (χ3v) is 4.71. The van der Waals surface area contributed by atoms with Crippen molar-refractivity contribution >= 4 is 21.7 Å². The Kier molecular flexibility index (Phi) is 3.96. The zero-order valence-electron chi connectivity index (χ0n) is 11.8. The molecule has 3 rings (SSSR count). The highest BCUT2D eigenvalue weighted by Crippen LogP contribution is 2.24. The summed E-state index contributed by atoms with van der Waals surface area (Å²) in [4.78, 5) is 9.84. The van der Waals surface area contributed by atoms with Gasteiger partial charge in [0.05, 0.1) is 15.9 Å². The Balaban J connectivity index is 1.76. The van der Waals surface area contributed by atoms with Crippen molar-refractivity contribution in [1.29, 1.82) is 0 Å². The molecule has 1 aromatic carbocycles. The lowest BCUT2D eigenvalue weighted by atomic mass is 10.2. The van der Waals surface area contributed by atoms with E-state index >= 15 is 0 Å². The predicted molar refractivity (Wildman–Crippen MR) is 78.2 cm³/mol. The molecule has 1 aliphatic heterocycles. The van der Waals surface area contributed by atoms with Crippen molar-refractivity contribution < 1.29 is 17.8 Å². The van der Waals surface area contributed by atoms with Crippen molar-refractivity contribution in [1.82, 2.24) is 15.5 Å². The molecule has 0 bridgehead atoms. The van der Waals surface area contributed by atoms with Crippen LogP contribution in [0.5, 0.6) is 0 Å². The first kappa shape index (κ1) is 15.4. The number of nitrogens with one attached hydrogen (secondary N) is 2. The smallest absolute Gasteiger partial charge is 0.329 e. The van der Waals surface area contributed by atoms with Crippen molar-refractivity contribution in [2.24, 2.45) is 0 Å². The quantitative estimate of drug-likeness (QED) is 0.611. The van der Waals surface area contributed by atoms with Gasteiger partial charge >= 0.3 is 6.01 Å². The van der Waals surface area contributed by atoms with E-state index in [1.165, 1.54) is 0 Å². The standard InChI is InChI=1S/C12H13N5O5S/c18-17(19)8-3-5-9(6-4-8)23(20,21)16-12-15-14-11(22-12)10-2-1-7-13-10/h3-6,10,13H,1-2,7H2,(H,15,16). The first-order valence-corrected chi connectivity index (χ1v) is 8.28. The summed E-state index contributed by atoms with van der Waals surface area (Å²) in [7, 11) is -3.96. The van der Waals surface area contributed by atoms with Gasteiger partial charge in [-0.3, -0.25) is 10.1 Å². The summed E-state index contributed by atoms with van der Waals surface area (Å²) >= 11 is 0. The van der Waals surface area contributed by atoms with E-state index < -0.39 is 14.9 Å². The maximum absolute atomic E-state index is 12.2. The summed E-state index contributed by atoms with van der Waals surface area (Å²) in [5, 5.41) is 21.2. The SMILES string of the molecule is O=[N+]([O-])c1ccc(S(=O)(=O)Nc2nnc(C3CCCN3)o2)cc1. The van der Waals surface area contributed by atoms with Crippen molar-refractivity contribution in [2.45, 2.75) is 23.8 Å². The number of non-ortho nitro benzene ring substituents is 1. The number of aromatic nitrogens is 2. The Hall–Kier alpha value is -2.53. The predicted octanol–water partition coefficient (Wildman–Crippen LogP) is 1.20. The van der Waals surface area contributed by atoms with Crippen LogP contribution in [-0.2, 0) is 10.0 Å². The van der Waals surface area contributed by atoms with Crippen LogP contribution >= 0.6 is 0 Å². The first-order valence-electron chi connectivity index (χ1n) is 6.80. The molecular formula is C12H13N5O5S. The van der Waals surface area contributed by atoms with Crippen LogP contribution in [0.3, 0.4) is 0 Å². The monoisotopic (exact) mass is 339 g/mol. The molecule has 11 heteroatoms. The van der Waals surface area contributed by atoms with Crippen LogP contribution < -0.4 is 10.0 Å². The number of hydrogen-bond donors (Lipinski definition) is 2. The molecule has 1 fully saturated rings. The number of hydrogen-bond acceptors (Lipinski definition) is 8. The number of nitro groups is 1. The molecule has 2 aromatic rings. The number of anilines is 1. The molecule has 1 saturated heterocycles. The molecule has 1 aromatic heterocycles. The van der Waals surface area contributed by atoms with E-state index in [1.807, 2.05) is 0 Å². The minimum atomic E-state index is -3.96. The van der Waals surface area contributed by atoms with Crippen LogP contribution in [0.15, 0.2) is 33.6 Å². The topological polar surface area (TPSA) is 140 Å². The van der Waals surface area contributed by atoms with Gasteiger partial charge in [0.25, 0.3) is 15.7 Å². The lowest BCUT2D eigenvalue weighted by Crippen LogP contribution is -2.13. The Labute approximate surface area is 131 Å². The summed E-state index contributed by atoms with van der Waals surface area (Å²) in [6, 6.07) is 4.17. The average molecular weight is 339 g/mol. The minimum Gasteiger partial charge on any atom is -0.406 e. The van der Waals surface area contributed by atoms with Gasteiger partial charge in [-0.1, -0.05) is 5.10 Å². The van der Waals surface area contributed by atoms with E-state index in [0.717, 1.165) is 43.7 Å². The molecule has 1 unspecified atom stereocenters. The van der Waals surface area contributed by atoms with Crippen molar-refractivity contribution in [3.63, 3.8) is 0 Å². The van der Waals surface area contributed by atoms with Gasteiger partial charge in [-0.05, 0) is 31.5 Å². The van der Waals surface area contributed by atoms with Crippen LogP contribution in [0, 0.1) is 10.1 Å². The molecule has 2 heterocycles. The number of benzene rings is 1. The van der Waals surface area contributed by atoms with Crippen LogP contribution in [0.2, 0.25) is 0 Å². The van der Waals surface area contributed by atoms with E-state index in [1.54, 1.807) is 0 Å². The normalized spacial score (nSPS) is 18.0. The lowest BCUT2D eigenvalue weighted by Gasteiger charge is -2.04. The van der Waals surface area contributed by atoms with Crippen molar-refractivity contribution in [2.75, 3.05) is 11.3 Å². The van der Waals surface area contributed by atoms with Crippen LogP contribution in [0.4, 0.5) is 11.7 Å². The van der Waals surface area contributed by atoms with Gasteiger partial charge in [-0.2, -0.15) is 0 Å². The van der Waals surface area contributed by atoms with Crippen LogP contribution in [-0.4, -0.2) is 30.1 Å². The Morgan fingerprint density at radius 1 is 1.30 bits per heavy atom. The van der Waals surface area contributed by atoms with E-state index in [0.29, 0.717) is 5.89 Å². The third kappa shape index (κ3) is 3.29. The van der Waals surface area contributed by atoms with Crippen LogP contribution in [0.1, 0.15) is 24.8 Å². The maximum atomic E-state index is 12.2. The molecule has 10 nitrogen and oxygen atoms in total. The fraction of sp³-hybridized carbons (Fsp3) is 0.333. The number of rotatable bonds is 5. The molecule has 0 aliphatic carbocycles. The van der Waals surface area contributed by atoms with Gasteiger partial charge in [0, 0.05) is 12.1 Å². The zero-order valence-corrected chi connectivity index (χ0v) is 12.6. The highest BCUT2D eigenvalue weighted by atomic mass is 32.2. The molecule has 0 spiro atoms. The Morgan fingerprint density at radius 2 is 2.04 bits per heavy atom. The summed E-state index contributed by atoms with van der Waals surface area (Å²) in [5.74, 6) is 0.323. The summed E-state index contributed by atoms with van der Waals surface area (Å²) in [6.45, 7) is 0.844. The molecular weight excluding hydrogens is 326 g/mol. The van der Waals surface area contributed by atoms with Gasteiger partial charge < -0.3 is 9.73 Å². The van der Waals surface area contributed by atoms with E-state index in [4.69, 9.17) is 4.42 Å². The fourth-order valence-electron chi connectivity index (χ4n) is 2.23.